The number of nitrogens with zero attached hydrogens (tertiary/aromatic N) is 1. The Labute approximate surface area is 161 Å². The molecule has 27 heavy (non-hydrogen) atoms. The van der Waals surface area contributed by atoms with Crippen molar-refractivity contribution in [2.24, 2.45) is 0 Å². The number of hydrogen-bond donors (Lipinski definition) is 1. The summed E-state index contributed by atoms with van der Waals surface area (Å²) in [4.78, 5) is 2.19. The van der Waals surface area contributed by atoms with Gasteiger partial charge in [0.25, 0.3) is 0 Å². The summed E-state index contributed by atoms with van der Waals surface area (Å²) in [5, 5.41) is 11.3. The van der Waals surface area contributed by atoms with E-state index in [0.29, 0.717) is 5.71 Å². The van der Waals surface area contributed by atoms with Gasteiger partial charge in [0.05, 0.1) is 5.71 Å². The fraction of sp³-hybridized carbons (Fsp3) is 0.160. The highest BCUT2D eigenvalue weighted by molar-refractivity contribution is 6.20. The van der Waals surface area contributed by atoms with Crippen LogP contribution in [0.4, 0.5) is 0 Å². The molecule has 0 aliphatic heterocycles. The standard InChI is InChI=1S/C25H24N2/c1-27(2)17-18-12-13-21(16-18)23-15-14-19-8-6-7-11-22(19)24(23)25(26)20-9-4-3-5-10-20/h3-12,14-16,26H,13,17H2,1-2H3. The van der Waals surface area contributed by atoms with Gasteiger partial charge in [0, 0.05) is 17.7 Å². The second-order valence-electron chi connectivity index (χ2n) is 7.34. The molecule has 0 saturated heterocycles. The van der Waals surface area contributed by atoms with Gasteiger partial charge in [0.15, 0.2) is 0 Å². The summed E-state index contributed by atoms with van der Waals surface area (Å²) in [6, 6.07) is 22.8. The minimum absolute atomic E-state index is 0.587. The molecule has 0 amide bonds. The number of fused-ring (bicyclic) bond motifs is 1. The van der Waals surface area contributed by atoms with Crippen LogP contribution in [0.2, 0.25) is 0 Å². The fourth-order valence-corrected chi connectivity index (χ4v) is 3.80. The molecule has 0 spiro atoms. The smallest absolute Gasteiger partial charge is 0.0696 e. The maximum atomic E-state index is 8.97. The zero-order valence-corrected chi connectivity index (χ0v) is 15.9. The molecule has 0 aromatic heterocycles. The molecule has 0 saturated carbocycles. The third-order valence-corrected chi connectivity index (χ3v) is 5.03. The molecule has 4 rings (SSSR count). The number of rotatable bonds is 5. The van der Waals surface area contributed by atoms with E-state index in [1.54, 1.807) is 0 Å². The maximum absolute atomic E-state index is 8.97. The molecule has 2 heteroatoms. The normalized spacial score (nSPS) is 13.7. The Morgan fingerprint density at radius 3 is 2.44 bits per heavy atom. The fourth-order valence-electron chi connectivity index (χ4n) is 3.80. The second kappa shape index (κ2) is 7.34. The average molecular weight is 352 g/mol. The van der Waals surface area contributed by atoms with Gasteiger partial charge < -0.3 is 4.90 Å². The van der Waals surface area contributed by atoms with E-state index in [1.165, 1.54) is 22.1 Å². The third kappa shape index (κ3) is 3.49. The largest absolute Gasteiger partial charge is 0.305 e. The molecule has 0 unspecified atom stereocenters. The van der Waals surface area contributed by atoms with E-state index in [2.05, 4.69) is 67.5 Å². The van der Waals surface area contributed by atoms with E-state index in [1.807, 2.05) is 30.3 Å². The highest BCUT2D eigenvalue weighted by Crippen LogP contribution is 2.34. The molecule has 0 radical (unpaired) electrons. The zero-order valence-electron chi connectivity index (χ0n) is 15.9. The van der Waals surface area contributed by atoms with Gasteiger partial charge in [0.1, 0.15) is 0 Å². The SMILES string of the molecule is CN(C)CC1=CCC(c2ccc3ccccc3c2C(=N)c2ccccc2)=C1. The summed E-state index contributed by atoms with van der Waals surface area (Å²) in [7, 11) is 4.19. The molecule has 0 bridgehead atoms. The predicted octanol–water partition coefficient (Wildman–Crippen LogP) is 5.53. The molecule has 0 fully saturated rings. The summed E-state index contributed by atoms with van der Waals surface area (Å²) in [5.74, 6) is 0. The molecule has 3 aromatic carbocycles. The van der Waals surface area contributed by atoms with Crippen LogP contribution in [0.3, 0.4) is 0 Å². The molecular weight excluding hydrogens is 328 g/mol. The van der Waals surface area contributed by atoms with E-state index in [0.717, 1.165) is 29.5 Å². The molecule has 134 valence electrons. The summed E-state index contributed by atoms with van der Waals surface area (Å²) in [5.41, 5.74) is 6.39. The number of benzene rings is 3. The van der Waals surface area contributed by atoms with E-state index in [9.17, 15) is 0 Å². The van der Waals surface area contributed by atoms with Crippen molar-refractivity contribution in [1.29, 1.82) is 5.41 Å². The van der Waals surface area contributed by atoms with Gasteiger partial charge in [-0.25, -0.2) is 0 Å². The van der Waals surface area contributed by atoms with Crippen LogP contribution in [-0.2, 0) is 0 Å². The first-order valence-corrected chi connectivity index (χ1v) is 9.34. The van der Waals surface area contributed by atoms with Gasteiger partial charge in [-0.05, 0) is 48.0 Å². The number of allylic oxidation sites excluding steroid dienone is 2. The van der Waals surface area contributed by atoms with Crippen molar-refractivity contribution >= 4 is 22.1 Å². The monoisotopic (exact) mass is 352 g/mol. The molecule has 2 nitrogen and oxygen atoms in total. The van der Waals surface area contributed by atoms with E-state index in [4.69, 9.17) is 5.41 Å². The second-order valence-corrected chi connectivity index (χ2v) is 7.34. The Morgan fingerprint density at radius 1 is 0.926 bits per heavy atom. The Hall–Kier alpha value is -2.97. The molecule has 1 aliphatic rings. The van der Waals surface area contributed by atoms with Gasteiger partial charge in [0.2, 0.25) is 0 Å². The van der Waals surface area contributed by atoms with Crippen molar-refractivity contribution in [2.45, 2.75) is 6.42 Å². The van der Waals surface area contributed by atoms with Crippen LogP contribution in [-0.4, -0.2) is 31.3 Å². The molecule has 0 atom stereocenters. The number of likely N-dealkylation sites (N-methyl/N-ethyl adjacent to an activating group) is 1. The number of nitrogens with one attached hydrogen (secondary N) is 1. The van der Waals surface area contributed by atoms with Crippen LogP contribution in [0.15, 0.2) is 84.5 Å². The van der Waals surface area contributed by atoms with Crippen LogP contribution in [0, 0.1) is 5.41 Å². The molecule has 0 heterocycles. The lowest BCUT2D eigenvalue weighted by atomic mass is 9.88. The summed E-state index contributed by atoms with van der Waals surface area (Å²) in [6.07, 6.45) is 5.53. The van der Waals surface area contributed by atoms with Gasteiger partial charge >= 0.3 is 0 Å². The lowest BCUT2D eigenvalue weighted by Crippen LogP contribution is -2.13. The lowest BCUT2D eigenvalue weighted by molar-refractivity contribution is 0.449. The lowest BCUT2D eigenvalue weighted by Gasteiger charge is -2.16. The highest BCUT2D eigenvalue weighted by Gasteiger charge is 2.18. The van der Waals surface area contributed by atoms with Gasteiger partial charge in [-0.1, -0.05) is 78.9 Å². The highest BCUT2D eigenvalue weighted by atomic mass is 15.0. The Kier molecular flexibility index (Phi) is 4.74. The van der Waals surface area contributed by atoms with Crippen LogP contribution in [0.25, 0.3) is 16.3 Å². The topological polar surface area (TPSA) is 27.1 Å². The first-order valence-electron chi connectivity index (χ1n) is 9.34. The van der Waals surface area contributed by atoms with Gasteiger partial charge in [-0.15, -0.1) is 0 Å². The average Bonchev–Trinajstić information content (AvgIpc) is 3.14. The van der Waals surface area contributed by atoms with E-state index in [-0.39, 0.29) is 0 Å². The van der Waals surface area contributed by atoms with Gasteiger partial charge in [-0.2, -0.15) is 0 Å². The predicted molar refractivity (Wildman–Crippen MR) is 116 cm³/mol. The molecular formula is C25H24N2. The van der Waals surface area contributed by atoms with Crippen LogP contribution in [0.5, 0.6) is 0 Å². The van der Waals surface area contributed by atoms with Crippen molar-refractivity contribution in [2.75, 3.05) is 20.6 Å². The Bertz CT molecular complexity index is 1060. The minimum atomic E-state index is 0.587. The summed E-state index contributed by atoms with van der Waals surface area (Å²) in [6.45, 7) is 0.947. The first-order chi connectivity index (χ1) is 13.1. The van der Waals surface area contributed by atoms with Gasteiger partial charge in [-0.3, -0.25) is 5.41 Å². The first kappa shape index (κ1) is 17.4. The van der Waals surface area contributed by atoms with Crippen molar-refractivity contribution < 1.29 is 0 Å². The molecule has 1 aliphatic carbocycles. The molecule has 1 N–H and O–H groups in total. The maximum Gasteiger partial charge on any atom is 0.0696 e. The van der Waals surface area contributed by atoms with E-state index >= 15 is 0 Å². The molecule has 3 aromatic rings. The quantitative estimate of drug-likeness (QED) is 0.601. The summed E-state index contributed by atoms with van der Waals surface area (Å²) < 4.78 is 0. The zero-order chi connectivity index (χ0) is 18.8. The number of hydrogen-bond acceptors (Lipinski definition) is 2. The van der Waals surface area contributed by atoms with Crippen LogP contribution >= 0.6 is 0 Å². The van der Waals surface area contributed by atoms with E-state index < -0.39 is 0 Å². The Morgan fingerprint density at radius 2 is 1.67 bits per heavy atom. The third-order valence-electron chi connectivity index (χ3n) is 5.03. The van der Waals surface area contributed by atoms with Crippen LogP contribution < -0.4 is 0 Å². The van der Waals surface area contributed by atoms with Crippen molar-refractivity contribution in [1.82, 2.24) is 4.90 Å². The van der Waals surface area contributed by atoms with Crippen molar-refractivity contribution in [3.8, 4) is 0 Å². The summed E-state index contributed by atoms with van der Waals surface area (Å²) >= 11 is 0. The van der Waals surface area contributed by atoms with Crippen molar-refractivity contribution in [3.63, 3.8) is 0 Å². The van der Waals surface area contributed by atoms with Crippen molar-refractivity contribution in [3.05, 3.63) is 101 Å². The minimum Gasteiger partial charge on any atom is -0.305 e. The van der Waals surface area contributed by atoms with Crippen LogP contribution in [0.1, 0.15) is 23.1 Å². The Balaban J connectivity index is 1.86.